The van der Waals surface area contributed by atoms with Gasteiger partial charge in [0.1, 0.15) is 17.8 Å². The van der Waals surface area contributed by atoms with E-state index in [-0.39, 0.29) is 11.9 Å². The van der Waals surface area contributed by atoms with Gasteiger partial charge in [0.25, 0.3) is 0 Å². The Kier molecular flexibility index (Phi) is 4.18. The third-order valence-electron chi connectivity index (χ3n) is 5.67. The summed E-state index contributed by atoms with van der Waals surface area (Å²) in [6.45, 7) is 2.18. The van der Waals surface area contributed by atoms with Crippen molar-refractivity contribution >= 4 is 17.5 Å². The van der Waals surface area contributed by atoms with Crippen LogP contribution in [0.2, 0.25) is 0 Å². The minimum atomic E-state index is -0.268. The van der Waals surface area contributed by atoms with Gasteiger partial charge in [-0.3, -0.25) is 4.57 Å². The zero-order chi connectivity index (χ0) is 19.1. The highest BCUT2D eigenvalue weighted by Gasteiger charge is 2.38. The second-order valence-electron chi connectivity index (χ2n) is 7.36. The number of anilines is 3. The Hall–Kier alpha value is -3.03. The molecule has 0 bridgehead atoms. The molecule has 1 aliphatic heterocycles. The molecule has 5 rings (SSSR count). The molecule has 1 aliphatic carbocycles. The highest BCUT2D eigenvalue weighted by Crippen LogP contribution is 2.42. The van der Waals surface area contributed by atoms with Crippen molar-refractivity contribution in [3.63, 3.8) is 0 Å². The number of hydrogen-bond acceptors (Lipinski definition) is 6. The van der Waals surface area contributed by atoms with Gasteiger partial charge in [-0.25, -0.2) is 9.37 Å². The average Bonchev–Trinajstić information content (AvgIpc) is 3.40. The van der Waals surface area contributed by atoms with Crippen LogP contribution in [0.15, 0.2) is 36.8 Å². The smallest absolute Gasteiger partial charge is 0.229 e. The molecule has 1 atom stereocenters. The van der Waals surface area contributed by atoms with Gasteiger partial charge in [0, 0.05) is 11.7 Å². The van der Waals surface area contributed by atoms with Crippen LogP contribution < -0.4 is 10.2 Å². The van der Waals surface area contributed by atoms with Crippen molar-refractivity contribution in [1.29, 1.82) is 0 Å². The van der Waals surface area contributed by atoms with Crippen molar-refractivity contribution in [3.8, 4) is 5.69 Å². The SMILES string of the molecule is CCC1c2nncn2-c2cnc(Nc3ccc(F)cc3)nc2N1C1CCCC1. The van der Waals surface area contributed by atoms with E-state index in [1.165, 1.54) is 25.0 Å². The second kappa shape index (κ2) is 6.85. The summed E-state index contributed by atoms with van der Waals surface area (Å²) >= 11 is 0. The van der Waals surface area contributed by atoms with Gasteiger partial charge in [-0.05, 0) is 43.5 Å². The van der Waals surface area contributed by atoms with E-state index in [4.69, 9.17) is 4.98 Å². The Balaban J connectivity index is 1.58. The maximum atomic E-state index is 13.2. The van der Waals surface area contributed by atoms with Crippen molar-refractivity contribution < 1.29 is 4.39 Å². The van der Waals surface area contributed by atoms with Crippen LogP contribution in [0.25, 0.3) is 5.69 Å². The van der Waals surface area contributed by atoms with Gasteiger partial charge in [-0.2, -0.15) is 4.98 Å². The van der Waals surface area contributed by atoms with Gasteiger partial charge in [0.15, 0.2) is 11.6 Å². The van der Waals surface area contributed by atoms with Crippen LogP contribution in [-0.4, -0.2) is 30.8 Å². The zero-order valence-electron chi connectivity index (χ0n) is 15.7. The van der Waals surface area contributed by atoms with Crippen LogP contribution >= 0.6 is 0 Å². The Morgan fingerprint density at radius 1 is 1.18 bits per heavy atom. The van der Waals surface area contributed by atoms with Crippen LogP contribution in [0.5, 0.6) is 0 Å². The molecule has 2 aliphatic rings. The molecule has 28 heavy (non-hydrogen) atoms. The van der Waals surface area contributed by atoms with E-state index >= 15 is 0 Å². The summed E-state index contributed by atoms with van der Waals surface area (Å²) in [5, 5.41) is 11.7. The summed E-state index contributed by atoms with van der Waals surface area (Å²) in [6, 6.07) is 6.79. The summed E-state index contributed by atoms with van der Waals surface area (Å²) in [5.74, 6) is 2.09. The molecule has 0 amide bonds. The molecular formula is C20H22FN7. The van der Waals surface area contributed by atoms with E-state index in [9.17, 15) is 4.39 Å². The number of fused-ring (bicyclic) bond motifs is 3. The van der Waals surface area contributed by atoms with E-state index in [1.54, 1.807) is 18.5 Å². The Morgan fingerprint density at radius 3 is 2.71 bits per heavy atom. The molecule has 1 fully saturated rings. The number of hydrogen-bond donors (Lipinski definition) is 1. The molecule has 0 spiro atoms. The highest BCUT2D eigenvalue weighted by atomic mass is 19.1. The number of nitrogens with zero attached hydrogens (tertiary/aromatic N) is 6. The summed E-state index contributed by atoms with van der Waals surface area (Å²) < 4.78 is 15.2. The van der Waals surface area contributed by atoms with Crippen LogP contribution in [0.3, 0.4) is 0 Å². The fourth-order valence-electron chi connectivity index (χ4n) is 4.37. The molecule has 2 aromatic heterocycles. The minimum Gasteiger partial charge on any atom is -0.341 e. The summed E-state index contributed by atoms with van der Waals surface area (Å²) in [7, 11) is 0. The van der Waals surface area contributed by atoms with Gasteiger partial charge in [-0.1, -0.05) is 19.8 Å². The lowest BCUT2D eigenvalue weighted by molar-refractivity contribution is 0.469. The first-order chi connectivity index (χ1) is 13.7. The van der Waals surface area contributed by atoms with Gasteiger partial charge in [0.2, 0.25) is 5.95 Å². The lowest BCUT2D eigenvalue weighted by atomic mass is 10.0. The molecule has 1 N–H and O–H groups in total. The quantitative estimate of drug-likeness (QED) is 0.734. The predicted molar refractivity (Wildman–Crippen MR) is 104 cm³/mol. The largest absolute Gasteiger partial charge is 0.341 e. The normalized spacial score (nSPS) is 18.8. The van der Waals surface area contributed by atoms with Crippen molar-refractivity contribution in [1.82, 2.24) is 24.7 Å². The van der Waals surface area contributed by atoms with Crippen LogP contribution in [-0.2, 0) is 0 Å². The molecule has 0 radical (unpaired) electrons. The maximum Gasteiger partial charge on any atom is 0.229 e. The number of aromatic nitrogens is 5. The number of nitrogens with one attached hydrogen (secondary N) is 1. The first kappa shape index (κ1) is 17.1. The highest BCUT2D eigenvalue weighted by molar-refractivity contribution is 5.65. The van der Waals surface area contributed by atoms with E-state index in [1.807, 2.05) is 10.8 Å². The van der Waals surface area contributed by atoms with Crippen molar-refractivity contribution in [2.24, 2.45) is 0 Å². The summed E-state index contributed by atoms with van der Waals surface area (Å²) in [5.41, 5.74) is 1.66. The predicted octanol–water partition coefficient (Wildman–Crippen LogP) is 4.15. The molecule has 144 valence electrons. The monoisotopic (exact) mass is 379 g/mol. The van der Waals surface area contributed by atoms with Crippen LogP contribution in [0.1, 0.15) is 50.9 Å². The van der Waals surface area contributed by atoms with Crippen molar-refractivity contribution in [3.05, 3.63) is 48.4 Å². The van der Waals surface area contributed by atoms with E-state index in [0.29, 0.717) is 12.0 Å². The van der Waals surface area contributed by atoms with Crippen molar-refractivity contribution in [2.45, 2.75) is 51.1 Å². The molecule has 7 nitrogen and oxygen atoms in total. The molecule has 3 heterocycles. The van der Waals surface area contributed by atoms with E-state index < -0.39 is 0 Å². The van der Waals surface area contributed by atoms with Crippen LogP contribution in [0.4, 0.5) is 21.8 Å². The van der Waals surface area contributed by atoms with Gasteiger partial charge >= 0.3 is 0 Å². The maximum absolute atomic E-state index is 13.2. The first-order valence-electron chi connectivity index (χ1n) is 9.83. The average molecular weight is 379 g/mol. The number of halogens is 1. The fraction of sp³-hybridized carbons (Fsp3) is 0.400. The minimum absolute atomic E-state index is 0.145. The molecular weight excluding hydrogens is 357 g/mol. The standard InChI is InChI=1S/C20H22FN7/c1-2-16-19-26-23-12-27(19)17-11-22-20(24-14-9-7-13(21)8-10-14)25-18(17)28(16)15-5-3-4-6-15/h7-12,15-16H,2-6H2,1H3,(H,22,24,25). The Bertz CT molecular complexity index is 978. The fourth-order valence-corrected chi connectivity index (χ4v) is 4.37. The topological polar surface area (TPSA) is 71.8 Å². The second-order valence-corrected chi connectivity index (χ2v) is 7.36. The van der Waals surface area contributed by atoms with Gasteiger partial charge < -0.3 is 10.2 Å². The molecule has 1 aromatic carbocycles. The van der Waals surface area contributed by atoms with Gasteiger partial charge in [0.05, 0.1) is 12.2 Å². The Morgan fingerprint density at radius 2 is 1.96 bits per heavy atom. The van der Waals surface area contributed by atoms with Crippen LogP contribution in [0, 0.1) is 5.82 Å². The third kappa shape index (κ3) is 2.80. The number of benzene rings is 1. The molecule has 0 saturated heterocycles. The lowest BCUT2D eigenvalue weighted by Crippen LogP contribution is -2.42. The summed E-state index contributed by atoms with van der Waals surface area (Å²) in [4.78, 5) is 11.8. The van der Waals surface area contributed by atoms with Gasteiger partial charge in [-0.15, -0.1) is 10.2 Å². The zero-order valence-corrected chi connectivity index (χ0v) is 15.7. The molecule has 1 saturated carbocycles. The number of rotatable bonds is 4. The Labute approximate surface area is 162 Å². The molecule has 8 heteroatoms. The first-order valence-corrected chi connectivity index (χ1v) is 9.83. The lowest BCUT2D eigenvalue weighted by Gasteiger charge is -2.40. The van der Waals surface area contributed by atoms with E-state index in [0.717, 1.165) is 42.3 Å². The third-order valence-corrected chi connectivity index (χ3v) is 5.67. The van der Waals surface area contributed by atoms with E-state index in [2.05, 4.69) is 32.3 Å². The molecule has 1 unspecified atom stereocenters. The summed E-state index contributed by atoms with van der Waals surface area (Å²) in [6.07, 6.45) is 9.29. The molecule has 3 aromatic rings. The van der Waals surface area contributed by atoms with Crippen molar-refractivity contribution in [2.75, 3.05) is 10.2 Å².